The van der Waals surface area contributed by atoms with Crippen LogP contribution in [0.5, 0.6) is 11.5 Å². The van der Waals surface area contributed by atoms with E-state index < -0.39 is 0 Å². The summed E-state index contributed by atoms with van der Waals surface area (Å²) in [4.78, 5) is 0. The van der Waals surface area contributed by atoms with Gasteiger partial charge in [0.1, 0.15) is 18.1 Å². The minimum atomic E-state index is 0.350. The van der Waals surface area contributed by atoms with Crippen molar-refractivity contribution in [3.05, 3.63) is 92.4 Å². The summed E-state index contributed by atoms with van der Waals surface area (Å²) >= 11 is 18.3. The maximum Gasteiger partial charge on any atom is 0.124 e. The summed E-state index contributed by atoms with van der Waals surface area (Å²) in [5, 5.41) is 5.27. The summed E-state index contributed by atoms with van der Waals surface area (Å²) in [6.07, 6.45) is 0. The van der Waals surface area contributed by atoms with Crippen LogP contribution in [0.15, 0.2) is 60.7 Å². The van der Waals surface area contributed by atoms with Gasteiger partial charge in [0.25, 0.3) is 0 Å². The van der Waals surface area contributed by atoms with Gasteiger partial charge in [-0.3, -0.25) is 0 Å². The molecule has 0 radical (unpaired) electrons. The van der Waals surface area contributed by atoms with Gasteiger partial charge in [-0.1, -0.05) is 53.0 Å². The molecule has 3 rings (SSSR count). The molecule has 3 nitrogen and oxygen atoms in total. The van der Waals surface area contributed by atoms with Crippen molar-refractivity contribution in [2.45, 2.75) is 19.7 Å². The molecular weight excluding hydrogens is 417 g/mol. The average molecular weight is 437 g/mol. The Hall–Kier alpha value is -1.91. The Labute approximate surface area is 180 Å². The number of halogens is 3. The highest BCUT2D eigenvalue weighted by Crippen LogP contribution is 2.26. The summed E-state index contributed by atoms with van der Waals surface area (Å²) in [6.45, 7) is 1.69. The van der Waals surface area contributed by atoms with E-state index in [1.807, 2.05) is 48.5 Å². The molecule has 0 saturated carbocycles. The van der Waals surface area contributed by atoms with Crippen molar-refractivity contribution in [1.82, 2.24) is 5.32 Å². The molecule has 0 amide bonds. The van der Waals surface area contributed by atoms with Gasteiger partial charge in [-0.15, -0.1) is 0 Å². The Balaban J connectivity index is 1.62. The third-order valence-corrected chi connectivity index (χ3v) is 5.05. The molecule has 6 heteroatoms. The van der Waals surface area contributed by atoms with Gasteiger partial charge in [0.2, 0.25) is 0 Å². The highest BCUT2D eigenvalue weighted by atomic mass is 35.5. The maximum absolute atomic E-state index is 6.23. The third-order valence-electron chi connectivity index (χ3n) is 4.22. The zero-order valence-corrected chi connectivity index (χ0v) is 17.6. The van der Waals surface area contributed by atoms with Crippen LogP contribution in [0.1, 0.15) is 16.7 Å². The van der Waals surface area contributed by atoms with Crippen molar-refractivity contribution in [3.63, 3.8) is 0 Å². The second-order valence-electron chi connectivity index (χ2n) is 6.23. The molecule has 0 aliphatic carbocycles. The number of hydrogen-bond donors (Lipinski definition) is 1. The minimum Gasteiger partial charge on any atom is -0.497 e. The van der Waals surface area contributed by atoms with Gasteiger partial charge in [-0.25, -0.2) is 0 Å². The first-order valence-corrected chi connectivity index (χ1v) is 9.87. The van der Waals surface area contributed by atoms with E-state index >= 15 is 0 Å². The van der Waals surface area contributed by atoms with Gasteiger partial charge in [-0.2, -0.15) is 0 Å². The molecule has 0 aliphatic rings. The molecule has 1 N–H and O–H groups in total. The normalized spacial score (nSPS) is 10.7. The first-order valence-electron chi connectivity index (χ1n) is 8.74. The summed E-state index contributed by atoms with van der Waals surface area (Å²) in [7, 11) is 1.66. The number of nitrogens with one attached hydrogen (secondary N) is 1. The van der Waals surface area contributed by atoms with E-state index in [9.17, 15) is 0 Å². The standard InChI is InChI=1S/C22H20Cl3NO2/c1-27-20-7-2-15(3-8-20)12-26-13-17-10-18(23)6-9-22(17)28-14-16-4-5-19(24)11-21(16)25/h2-11,26H,12-14H2,1H3. The van der Waals surface area contributed by atoms with Crippen LogP contribution in [0.3, 0.4) is 0 Å². The highest BCUT2D eigenvalue weighted by molar-refractivity contribution is 6.35. The van der Waals surface area contributed by atoms with Gasteiger partial charge in [0.15, 0.2) is 0 Å². The van der Waals surface area contributed by atoms with Gasteiger partial charge in [-0.05, 0) is 48.0 Å². The first-order chi connectivity index (χ1) is 13.5. The molecule has 0 saturated heterocycles. The number of rotatable bonds is 8. The number of ether oxygens (including phenoxy) is 2. The van der Waals surface area contributed by atoms with Gasteiger partial charge < -0.3 is 14.8 Å². The van der Waals surface area contributed by atoms with Crippen molar-refractivity contribution < 1.29 is 9.47 Å². The lowest BCUT2D eigenvalue weighted by Crippen LogP contribution is -2.13. The van der Waals surface area contributed by atoms with Gasteiger partial charge >= 0.3 is 0 Å². The van der Waals surface area contributed by atoms with Crippen LogP contribution in [-0.2, 0) is 19.7 Å². The Morgan fingerprint density at radius 2 is 1.50 bits per heavy atom. The van der Waals surface area contributed by atoms with Crippen LogP contribution >= 0.6 is 34.8 Å². The van der Waals surface area contributed by atoms with E-state index in [4.69, 9.17) is 44.3 Å². The van der Waals surface area contributed by atoms with Crippen molar-refractivity contribution in [2.75, 3.05) is 7.11 Å². The van der Waals surface area contributed by atoms with E-state index in [-0.39, 0.29) is 0 Å². The van der Waals surface area contributed by atoms with E-state index in [2.05, 4.69) is 5.32 Å². The zero-order chi connectivity index (χ0) is 19.9. The molecule has 0 spiro atoms. The second kappa shape index (κ2) is 10.0. The number of hydrogen-bond acceptors (Lipinski definition) is 3. The van der Waals surface area contributed by atoms with Crippen molar-refractivity contribution in [1.29, 1.82) is 0 Å². The fourth-order valence-electron chi connectivity index (χ4n) is 2.71. The largest absolute Gasteiger partial charge is 0.497 e. The Kier molecular flexibility index (Phi) is 7.46. The van der Waals surface area contributed by atoms with Gasteiger partial charge in [0.05, 0.1) is 7.11 Å². The molecule has 0 unspecified atom stereocenters. The quantitative estimate of drug-likeness (QED) is 0.436. The van der Waals surface area contributed by atoms with Crippen LogP contribution in [0, 0.1) is 0 Å². The predicted molar refractivity (Wildman–Crippen MR) is 116 cm³/mol. The summed E-state index contributed by atoms with van der Waals surface area (Å²) in [6, 6.07) is 18.9. The topological polar surface area (TPSA) is 30.5 Å². The summed E-state index contributed by atoms with van der Waals surface area (Å²) in [5.41, 5.74) is 3.02. The average Bonchev–Trinajstić information content (AvgIpc) is 2.69. The molecule has 28 heavy (non-hydrogen) atoms. The Bertz CT molecular complexity index is 930. The maximum atomic E-state index is 6.23. The van der Waals surface area contributed by atoms with Crippen molar-refractivity contribution in [2.24, 2.45) is 0 Å². The van der Waals surface area contributed by atoms with Crippen molar-refractivity contribution in [3.8, 4) is 11.5 Å². The molecule has 146 valence electrons. The Morgan fingerprint density at radius 1 is 0.786 bits per heavy atom. The van der Waals surface area contributed by atoms with Crippen molar-refractivity contribution >= 4 is 34.8 Å². The molecular formula is C22H20Cl3NO2. The third kappa shape index (κ3) is 5.79. The number of benzene rings is 3. The van der Waals surface area contributed by atoms with Crippen LogP contribution in [-0.4, -0.2) is 7.11 Å². The van der Waals surface area contributed by atoms with Crippen LogP contribution in [0.25, 0.3) is 0 Å². The lowest BCUT2D eigenvalue weighted by molar-refractivity contribution is 0.302. The van der Waals surface area contributed by atoms with Crippen LogP contribution in [0.4, 0.5) is 0 Å². The first kappa shape index (κ1) is 20.8. The summed E-state index contributed by atoms with van der Waals surface area (Å²) < 4.78 is 11.2. The minimum absolute atomic E-state index is 0.350. The predicted octanol–water partition coefficient (Wildman–Crippen LogP) is 6.52. The molecule has 0 atom stereocenters. The smallest absolute Gasteiger partial charge is 0.124 e. The molecule has 3 aromatic carbocycles. The second-order valence-corrected chi connectivity index (χ2v) is 7.51. The number of methoxy groups -OCH3 is 1. The zero-order valence-electron chi connectivity index (χ0n) is 15.3. The molecule has 0 heterocycles. The fraction of sp³-hybridized carbons (Fsp3) is 0.182. The van der Waals surface area contributed by atoms with Crippen LogP contribution < -0.4 is 14.8 Å². The SMILES string of the molecule is COc1ccc(CNCc2cc(Cl)ccc2OCc2ccc(Cl)cc2Cl)cc1. The molecule has 0 fully saturated rings. The van der Waals surface area contributed by atoms with E-state index in [0.717, 1.165) is 29.2 Å². The monoisotopic (exact) mass is 435 g/mol. The fourth-order valence-corrected chi connectivity index (χ4v) is 3.36. The lowest BCUT2D eigenvalue weighted by Gasteiger charge is -2.14. The lowest BCUT2D eigenvalue weighted by atomic mass is 10.1. The van der Waals surface area contributed by atoms with E-state index in [0.29, 0.717) is 28.2 Å². The molecule has 3 aromatic rings. The summed E-state index contributed by atoms with van der Waals surface area (Å²) in [5.74, 6) is 1.60. The van der Waals surface area contributed by atoms with Crippen LogP contribution in [0.2, 0.25) is 15.1 Å². The molecule has 0 bridgehead atoms. The van der Waals surface area contributed by atoms with E-state index in [1.54, 1.807) is 19.2 Å². The van der Waals surface area contributed by atoms with Gasteiger partial charge in [0, 0.05) is 39.3 Å². The molecule has 0 aliphatic heterocycles. The van der Waals surface area contributed by atoms with E-state index in [1.165, 1.54) is 5.56 Å². The highest BCUT2D eigenvalue weighted by Gasteiger charge is 2.08. The molecule has 0 aromatic heterocycles. The Morgan fingerprint density at radius 3 is 2.21 bits per heavy atom.